The number of aromatic amines is 1. The van der Waals surface area contributed by atoms with E-state index in [1.165, 1.54) is 11.3 Å². The summed E-state index contributed by atoms with van der Waals surface area (Å²) in [5.74, 6) is -0.590. The zero-order valence-electron chi connectivity index (χ0n) is 11.4. The summed E-state index contributed by atoms with van der Waals surface area (Å²) in [5.41, 5.74) is 0.710. The second-order valence-corrected chi connectivity index (χ2v) is 5.55. The molecule has 0 atom stereocenters. The molecule has 4 nitrogen and oxygen atoms in total. The Bertz CT molecular complexity index is 849. The van der Waals surface area contributed by atoms with Gasteiger partial charge in [0.15, 0.2) is 0 Å². The molecular weight excluding hydrogens is 286 g/mol. The average Bonchev–Trinajstić information content (AvgIpc) is 2.90. The first-order chi connectivity index (χ1) is 10.2. The number of pyridine rings is 1. The molecule has 5 heteroatoms. The second kappa shape index (κ2) is 5.54. The molecule has 0 aliphatic heterocycles. The van der Waals surface area contributed by atoms with Crippen molar-refractivity contribution in [3.05, 3.63) is 58.4 Å². The second-order valence-electron chi connectivity index (χ2n) is 4.49. The average molecular weight is 299 g/mol. The number of benzene rings is 1. The van der Waals surface area contributed by atoms with Crippen LogP contribution >= 0.6 is 11.3 Å². The van der Waals surface area contributed by atoms with Crippen LogP contribution in [-0.2, 0) is 4.74 Å². The summed E-state index contributed by atoms with van der Waals surface area (Å²) in [6, 6.07) is 13.5. The third-order valence-corrected chi connectivity index (χ3v) is 4.20. The van der Waals surface area contributed by atoms with Gasteiger partial charge in [-0.05, 0) is 24.6 Å². The highest BCUT2D eigenvalue weighted by Gasteiger charge is 2.14. The number of aromatic nitrogens is 1. The van der Waals surface area contributed by atoms with Crippen molar-refractivity contribution in [3.63, 3.8) is 0 Å². The summed E-state index contributed by atoms with van der Waals surface area (Å²) < 4.78 is 4.89. The summed E-state index contributed by atoms with van der Waals surface area (Å²) in [5, 5.41) is 0.835. The van der Waals surface area contributed by atoms with Crippen LogP contribution in [0.2, 0.25) is 0 Å². The van der Waals surface area contributed by atoms with Gasteiger partial charge in [-0.15, -0.1) is 11.3 Å². The lowest BCUT2D eigenvalue weighted by atomic mass is 10.1. The molecule has 0 aliphatic carbocycles. The van der Waals surface area contributed by atoms with Gasteiger partial charge in [0.25, 0.3) is 5.56 Å². The maximum atomic E-state index is 11.9. The molecule has 106 valence electrons. The number of hydrogen-bond donors (Lipinski definition) is 1. The van der Waals surface area contributed by atoms with Crippen LogP contribution in [0.15, 0.2) is 47.3 Å². The van der Waals surface area contributed by atoms with Gasteiger partial charge in [-0.2, -0.15) is 0 Å². The Morgan fingerprint density at radius 1 is 1.24 bits per heavy atom. The van der Waals surface area contributed by atoms with Crippen LogP contribution in [0.3, 0.4) is 0 Å². The van der Waals surface area contributed by atoms with Crippen LogP contribution < -0.4 is 5.56 Å². The molecular formula is C16H13NO3S. The SMILES string of the molecule is CCOC(=O)c1cc2cc(-c3ccccc3)sc2[nH]c1=O. The lowest BCUT2D eigenvalue weighted by molar-refractivity contribution is 0.0524. The molecule has 1 N–H and O–H groups in total. The number of thiophene rings is 1. The molecule has 0 saturated heterocycles. The molecule has 2 heterocycles. The van der Waals surface area contributed by atoms with Gasteiger partial charge in [0.1, 0.15) is 10.4 Å². The van der Waals surface area contributed by atoms with Crippen molar-refractivity contribution in [2.45, 2.75) is 6.92 Å². The maximum absolute atomic E-state index is 11.9. The van der Waals surface area contributed by atoms with Crippen LogP contribution in [0, 0.1) is 0 Å². The Morgan fingerprint density at radius 3 is 2.71 bits per heavy atom. The zero-order valence-corrected chi connectivity index (χ0v) is 12.2. The normalized spacial score (nSPS) is 10.7. The van der Waals surface area contributed by atoms with E-state index in [0.29, 0.717) is 0 Å². The predicted molar refractivity (Wildman–Crippen MR) is 83.8 cm³/mol. The molecule has 0 aliphatic rings. The number of fused-ring (bicyclic) bond motifs is 1. The van der Waals surface area contributed by atoms with Gasteiger partial charge in [-0.3, -0.25) is 4.79 Å². The van der Waals surface area contributed by atoms with Crippen molar-refractivity contribution < 1.29 is 9.53 Å². The Balaban J connectivity index is 2.11. The van der Waals surface area contributed by atoms with E-state index in [2.05, 4.69) is 4.98 Å². The fourth-order valence-electron chi connectivity index (χ4n) is 2.11. The Hall–Kier alpha value is -2.40. The quantitative estimate of drug-likeness (QED) is 0.754. The van der Waals surface area contributed by atoms with E-state index in [0.717, 1.165) is 20.7 Å². The highest BCUT2D eigenvalue weighted by Crippen LogP contribution is 2.31. The number of ether oxygens (including phenoxy) is 1. The molecule has 21 heavy (non-hydrogen) atoms. The minimum atomic E-state index is -0.590. The smallest absolute Gasteiger partial charge is 0.343 e. The van der Waals surface area contributed by atoms with Crippen LogP contribution in [-0.4, -0.2) is 17.6 Å². The summed E-state index contributed by atoms with van der Waals surface area (Å²) >= 11 is 1.49. The van der Waals surface area contributed by atoms with E-state index in [-0.39, 0.29) is 12.2 Å². The fraction of sp³-hybridized carbons (Fsp3) is 0.125. The molecule has 3 aromatic rings. The number of rotatable bonds is 3. The molecule has 1 aromatic carbocycles. The zero-order chi connectivity index (χ0) is 14.8. The molecule has 0 spiro atoms. The van der Waals surface area contributed by atoms with Crippen LogP contribution in [0.25, 0.3) is 20.7 Å². The number of carbonyl (C=O) groups excluding carboxylic acids is 1. The standard InChI is InChI=1S/C16H13NO3S/c1-2-20-16(19)12-8-11-9-13(10-6-4-3-5-7-10)21-15(11)17-14(12)18/h3-9H,2H2,1H3,(H,17,18). The van der Waals surface area contributed by atoms with E-state index >= 15 is 0 Å². The van der Waals surface area contributed by atoms with Crippen molar-refractivity contribution in [3.8, 4) is 10.4 Å². The Morgan fingerprint density at radius 2 is 2.00 bits per heavy atom. The highest BCUT2D eigenvalue weighted by atomic mass is 32.1. The molecule has 3 rings (SSSR count). The lowest BCUT2D eigenvalue weighted by Gasteiger charge is -2.00. The first-order valence-corrected chi connectivity index (χ1v) is 7.40. The number of carbonyl (C=O) groups is 1. The first-order valence-electron chi connectivity index (χ1n) is 6.58. The van der Waals surface area contributed by atoms with E-state index in [1.807, 2.05) is 36.4 Å². The minimum Gasteiger partial charge on any atom is -0.462 e. The number of hydrogen-bond acceptors (Lipinski definition) is 4. The van der Waals surface area contributed by atoms with Crippen molar-refractivity contribution in [1.29, 1.82) is 0 Å². The van der Waals surface area contributed by atoms with Crippen molar-refractivity contribution in [2.75, 3.05) is 6.61 Å². The molecule has 0 fully saturated rings. The molecule has 2 aromatic heterocycles. The number of nitrogens with one attached hydrogen (secondary N) is 1. The topological polar surface area (TPSA) is 59.2 Å². The van der Waals surface area contributed by atoms with E-state index in [1.54, 1.807) is 13.0 Å². The summed E-state index contributed by atoms with van der Waals surface area (Å²) in [4.78, 5) is 28.2. The molecule has 0 saturated carbocycles. The van der Waals surface area contributed by atoms with Gasteiger partial charge in [-0.25, -0.2) is 4.79 Å². The Labute approximate surface area is 125 Å². The highest BCUT2D eigenvalue weighted by molar-refractivity contribution is 7.21. The number of H-pyrrole nitrogens is 1. The van der Waals surface area contributed by atoms with Gasteiger partial charge < -0.3 is 9.72 Å². The molecule has 0 radical (unpaired) electrons. The van der Waals surface area contributed by atoms with Crippen LogP contribution in [0.5, 0.6) is 0 Å². The monoisotopic (exact) mass is 299 g/mol. The lowest BCUT2D eigenvalue weighted by Crippen LogP contribution is -2.19. The van der Waals surface area contributed by atoms with Crippen molar-refractivity contribution in [2.24, 2.45) is 0 Å². The summed E-state index contributed by atoms with van der Waals surface area (Å²) in [7, 11) is 0. The first kappa shape index (κ1) is 13.6. The van der Waals surface area contributed by atoms with E-state index in [9.17, 15) is 9.59 Å². The van der Waals surface area contributed by atoms with Crippen molar-refractivity contribution >= 4 is 27.5 Å². The van der Waals surface area contributed by atoms with E-state index < -0.39 is 11.5 Å². The van der Waals surface area contributed by atoms with Gasteiger partial charge in [0.05, 0.1) is 6.61 Å². The summed E-state index contributed by atoms with van der Waals surface area (Å²) in [6.07, 6.45) is 0. The van der Waals surface area contributed by atoms with Crippen molar-refractivity contribution in [1.82, 2.24) is 4.98 Å². The Kier molecular flexibility index (Phi) is 3.58. The third kappa shape index (κ3) is 2.60. The van der Waals surface area contributed by atoms with Crippen LogP contribution in [0.1, 0.15) is 17.3 Å². The molecule has 0 bridgehead atoms. The van der Waals surface area contributed by atoms with Gasteiger partial charge in [0, 0.05) is 10.3 Å². The van der Waals surface area contributed by atoms with E-state index in [4.69, 9.17) is 4.74 Å². The number of esters is 1. The fourth-order valence-corrected chi connectivity index (χ4v) is 3.15. The van der Waals surface area contributed by atoms with Gasteiger partial charge >= 0.3 is 5.97 Å². The molecule has 0 unspecified atom stereocenters. The van der Waals surface area contributed by atoms with Crippen LogP contribution in [0.4, 0.5) is 0 Å². The van der Waals surface area contributed by atoms with Gasteiger partial charge in [0.2, 0.25) is 0 Å². The van der Waals surface area contributed by atoms with Gasteiger partial charge in [-0.1, -0.05) is 30.3 Å². The third-order valence-electron chi connectivity index (χ3n) is 3.09. The minimum absolute atomic E-state index is 0.0433. The maximum Gasteiger partial charge on any atom is 0.343 e. The predicted octanol–water partition coefficient (Wildman–Crippen LogP) is 3.43. The molecule has 0 amide bonds. The summed E-state index contributed by atoms with van der Waals surface area (Å²) in [6.45, 7) is 1.96. The largest absolute Gasteiger partial charge is 0.462 e.